The second-order valence-electron chi connectivity index (χ2n) is 5.29. The van der Waals surface area contributed by atoms with Crippen LogP contribution in [0.5, 0.6) is 0 Å². The molecule has 2 N–H and O–H groups in total. The molecule has 1 heterocycles. The number of hydrogen-bond acceptors (Lipinski definition) is 5. The van der Waals surface area contributed by atoms with Crippen molar-refractivity contribution in [2.75, 3.05) is 6.67 Å². The number of hydrogen-bond donors (Lipinski definition) is 1. The summed E-state index contributed by atoms with van der Waals surface area (Å²) in [5.41, 5.74) is 3.70. The predicted molar refractivity (Wildman–Crippen MR) is 83.2 cm³/mol. The largest absolute Gasteiger partial charge is 0.461 e. The van der Waals surface area contributed by atoms with Gasteiger partial charge in [0.1, 0.15) is 23.7 Å². The number of amidine groups is 1. The lowest BCUT2D eigenvalue weighted by molar-refractivity contribution is -0.207. The van der Waals surface area contributed by atoms with Gasteiger partial charge in [-0.15, -0.1) is 0 Å². The fraction of sp³-hybridized carbons (Fsp3) is 0.467. The van der Waals surface area contributed by atoms with Crippen LogP contribution >= 0.6 is 0 Å². The maximum absolute atomic E-state index is 13.6. The van der Waals surface area contributed by atoms with E-state index in [1.54, 1.807) is 6.92 Å². The standard InChI is InChI=1S/C15H19F4N3O2/c1-9(5-10(2)23-11(3)7-21-4)14(8-16)6-12(15(17,18)19)24-13(20)22-14/h5,7,12H,2,4,6,8H2,1,3H3,(H2,20,22)/b9-5+,11-7+/t12-,14+/m0/s1. The highest BCUT2D eigenvalue weighted by molar-refractivity contribution is 5.73. The molecule has 1 aliphatic rings. The minimum atomic E-state index is -4.69. The van der Waals surface area contributed by atoms with E-state index in [1.165, 1.54) is 19.2 Å². The first-order valence-electron chi connectivity index (χ1n) is 6.87. The van der Waals surface area contributed by atoms with Gasteiger partial charge in [0, 0.05) is 6.42 Å². The Balaban J connectivity index is 3.11. The van der Waals surface area contributed by atoms with Crippen molar-refractivity contribution in [1.82, 2.24) is 0 Å². The molecule has 0 spiro atoms. The first-order chi connectivity index (χ1) is 11.0. The monoisotopic (exact) mass is 349 g/mol. The summed E-state index contributed by atoms with van der Waals surface area (Å²) in [7, 11) is 0. The number of nitrogens with zero attached hydrogens (tertiary/aromatic N) is 2. The van der Waals surface area contributed by atoms with Crippen LogP contribution in [0.15, 0.2) is 45.9 Å². The van der Waals surface area contributed by atoms with E-state index in [9.17, 15) is 17.6 Å². The van der Waals surface area contributed by atoms with Crippen LogP contribution in [0.1, 0.15) is 20.3 Å². The summed E-state index contributed by atoms with van der Waals surface area (Å²) in [4.78, 5) is 7.25. The Bertz CT molecular complexity index is 596. The third-order valence-corrected chi connectivity index (χ3v) is 3.37. The van der Waals surface area contributed by atoms with Gasteiger partial charge in [-0.05, 0) is 32.2 Å². The lowest BCUT2D eigenvalue weighted by Gasteiger charge is -2.36. The minimum absolute atomic E-state index is 0.0848. The van der Waals surface area contributed by atoms with Crippen LogP contribution in [0.25, 0.3) is 0 Å². The van der Waals surface area contributed by atoms with Gasteiger partial charge in [-0.3, -0.25) is 4.99 Å². The lowest BCUT2D eigenvalue weighted by Crippen LogP contribution is -2.49. The molecule has 1 aliphatic heterocycles. The summed E-state index contributed by atoms with van der Waals surface area (Å²) in [6.45, 7) is 8.69. The zero-order chi connectivity index (χ0) is 18.5. The summed E-state index contributed by atoms with van der Waals surface area (Å²) in [5.74, 6) is 0.443. The number of nitrogens with two attached hydrogens (primary N) is 1. The smallest absolute Gasteiger partial charge is 0.425 e. The molecule has 2 atom stereocenters. The van der Waals surface area contributed by atoms with Gasteiger partial charge < -0.3 is 15.2 Å². The molecule has 9 heteroatoms. The molecule has 0 radical (unpaired) electrons. The van der Waals surface area contributed by atoms with Crippen LogP contribution in [-0.4, -0.2) is 37.2 Å². The van der Waals surface area contributed by atoms with Crippen molar-refractivity contribution >= 4 is 12.7 Å². The molecule has 0 saturated carbocycles. The Hall–Kier alpha value is -2.32. The Labute approximate surface area is 137 Å². The van der Waals surface area contributed by atoms with E-state index in [1.807, 2.05) is 0 Å². The third-order valence-electron chi connectivity index (χ3n) is 3.37. The summed E-state index contributed by atoms with van der Waals surface area (Å²) >= 11 is 0. The molecule has 1 rings (SSSR count). The quantitative estimate of drug-likeness (QED) is 0.346. The topological polar surface area (TPSA) is 69.2 Å². The Morgan fingerprint density at radius 1 is 1.54 bits per heavy atom. The zero-order valence-corrected chi connectivity index (χ0v) is 13.4. The van der Waals surface area contributed by atoms with Crippen LogP contribution in [0.2, 0.25) is 0 Å². The van der Waals surface area contributed by atoms with E-state index in [4.69, 9.17) is 10.5 Å². The highest BCUT2D eigenvalue weighted by Gasteiger charge is 2.51. The van der Waals surface area contributed by atoms with Crippen LogP contribution in [0.3, 0.4) is 0 Å². The van der Waals surface area contributed by atoms with E-state index in [0.717, 1.165) is 0 Å². The Morgan fingerprint density at radius 3 is 2.67 bits per heavy atom. The van der Waals surface area contributed by atoms with Gasteiger partial charge >= 0.3 is 6.18 Å². The molecule has 0 aromatic rings. The number of allylic oxidation sites excluding steroid dienone is 2. The summed E-state index contributed by atoms with van der Waals surface area (Å²) in [5, 5.41) is 0. The van der Waals surface area contributed by atoms with Crippen molar-refractivity contribution < 1.29 is 27.0 Å². The number of ether oxygens (including phenoxy) is 2. The van der Waals surface area contributed by atoms with Gasteiger partial charge in [0.15, 0.2) is 6.10 Å². The van der Waals surface area contributed by atoms with Gasteiger partial charge in [0.05, 0.1) is 6.20 Å². The second kappa shape index (κ2) is 7.50. The molecule has 0 aromatic heterocycles. The first kappa shape index (κ1) is 19.7. The number of aliphatic imine (C=N–C) groups is 2. The normalized spacial score (nSPS) is 25.6. The maximum Gasteiger partial charge on any atom is 0.425 e. The summed E-state index contributed by atoms with van der Waals surface area (Å²) in [6, 6.07) is -0.715. The third kappa shape index (κ3) is 4.84. The van der Waals surface area contributed by atoms with Crippen LogP contribution in [0.4, 0.5) is 17.6 Å². The minimum Gasteiger partial charge on any atom is -0.461 e. The molecule has 0 amide bonds. The Morgan fingerprint density at radius 2 is 2.17 bits per heavy atom. The molecule has 24 heavy (non-hydrogen) atoms. The molecular formula is C15H19F4N3O2. The second-order valence-corrected chi connectivity index (χ2v) is 5.29. The number of halogens is 4. The van der Waals surface area contributed by atoms with E-state index >= 15 is 0 Å². The molecule has 0 unspecified atom stereocenters. The van der Waals surface area contributed by atoms with Gasteiger partial charge in [-0.2, -0.15) is 13.2 Å². The van der Waals surface area contributed by atoms with E-state index in [2.05, 4.69) is 28.0 Å². The predicted octanol–water partition coefficient (Wildman–Crippen LogP) is 3.40. The fourth-order valence-electron chi connectivity index (χ4n) is 2.17. The van der Waals surface area contributed by atoms with Crippen molar-refractivity contribution in [2.45, 2.75) is 38.1 Å². The van der Waals surface area contributed by atoms with Gasteiger partial charge in [0.25, 0.3) is 6.02 Å². The average Bonchev–Trinajstić information content (AvgIpc) is 2.45. The average molecular weight is 349 g/mol. The van der Waals surface area contributed by atoms with E-state index in [-0.39, 0.29) is 11.3 Å². The fourth-order valence-corrected chi connectivity index (χ4v) is 2.17. The van der Waals surface area contributed by atoms with Crippen molar-refractivity contribution in [2.24, 2.45) is 15.7 Å². The van der Waals surface area contributed by atoms with Gasteiger partial charge in [0.2, 0.25) is 0 Å². The first-order valence-corrected chi connectivity index (χ1v) is 6.87. The molecular weight excluding hydrogens is 330 g/mol. The lowest BCUT2D eigenvalue weighted by atomic mass is 9.85. The number of alkyl halides is 4. The molecule has 0 saturated heterocycles. The van der Waals surface area contributed by atoms with Crippen molar-refractivity contribution in [3.05, 3.63) is 35.9 Å². The highest BCUT2D eigenvalue weighted by Crippen LogP contribution is 2.38. The van der Waals surface area contributed by atoms with Crippen LogP contribution in [-0.2, 0) is 9.47 Å². The summed E-state index contributed by atoms with van der Waals surface area (Å²) < 4.78 is 62.2. The molecule has 5 nitrogen and oxygen atoms in total. The molecule has 0 fully saturated rings. The number of rotatable bonds is 6. The molecule has 134 valence electrons. The van der Waals surface area contributed by atoms with Crippen molar-refractivity contribution in [1.29, 1.82) is 0 Å². The molecule has 0 bridgehead atoms. The maximum atomic E-state index is 13.6. The highest BCUT2D eigenvalue weighted by atomic mass is 19.4. The van der Waals surface area contributed by atoms with Crippen LogP contribution in [0, 0.1) is 0 Å². The Kier molecular flexibility index (Phi) is 6.16. The van der Waals surface area contributed by atoms with E-state index < -0.39 is 36.9 Å². The SMILES string of the molecule is C=N/C=C(\C)OC(=C)/C=C(\C)[C@]1(CF)C[C@@H](C(F)(F)F)OC(N)=N1. The van der Waals surface area contributed by atoms with Crippen molar-refractivity contribution in [3.63, 3.8) is 0 Å². The zero-order valence-electron chi connectivity index (χ0n) is 13.4. The van der Waals surface area contributed by atoms with E-state index in [0.29, 0.717) is 5.76 Å². The van der Waals surface area contributed by atoms with Gasteiger partial charge in [-0.1, -0.05) is 6.58 Å². The molecule has 0 aliphatic carbocycles. The van der Waals surface area contributed by atoms with Crippen molar-refractivity contribution in [3.8, 4) is 0 Å². The summed E-state index contributed by atoms with van der Waals surface area (Å²) in [6.07, 6.45) is -5.04. The van der Waals surface area contributed by atoms with Gasteiger partial charge in [-0.25, -0.2) is 9.38 Å². The molecule has 0 aromatic carbocycles. The van der Waals surface area contributed by atoms with Crippen LogP contribution < -0.4 is 5.73 Å².